The Morgan fingerprint density at radius 1 is 0.963 bits per heavy atom. The van der Waals surface area contributed by atoms with Crippen molar-refractivity contribution in [3.63, 3.8) is 0 Å². The average Bonchev–Trinajstić information content (AvgIpc) is 2.67. The molecule has 0 aliphatic carbocycles. The number of amides is 2. The summed E-state index contributed by atoms with van der Waals surface area (Å²) >= 11 is 3.34. The second kappa shape index (κ2) is 10.5. The summed E-state index contributed by atoms with van der Waals surface area (Å²) in [6, 6.07) is 13.8. The number of hydrogen-bond acceptors (Lipinski definition) is 4. The standard InChI is InChI=1S/C20H21BrN2O4/c1-27-18(24)10-2-3-11-22-19(25)15-7-5-9-17(13-15)23-20(26)14-6-4-8-16(21)12-14/h4-9,12-13H,2-3,10-11H2,1H3,(H,22,25)(H,23,26). The zero-order valence-corrected chi connectivity index (χ0v) is 16.5. The summed E-state index contributed by atoms with van der Waals surface area (Å²) in [7, 11) is 1.35. The van der Waals surface area contributed by atoms with Crippen LogP contribution in [0.3, 0.4) is 0 Å². The predicted molar refractivity (Wildman–Crippen MR) is 107 cm³/mol. The molecule has 0 bridgehead atoms. The molecule has 142 valence electrons. The summed E-state index contributed by atoms with van der Waals surface area (Å²) in [5, 5.41) is 5.59. The Labute approximate surface area is 166 Å². The van der Waals surface area contributed by atoms with E-state index in [1.807, 2.05) is 6.07 Å². The predicted octanol–water partition coefficient (Wildman–Crippen LogP) is 3.77. The number of anilines is 1. The molecule has 2 rings (SSSR count). The van der Waals surface area contributed by atoms with E-state index in [0.717, 1.165) is 4.47 Å². The second-order valence-electron chi connectivity index (χ2n) is 5.83. The fraction of sp³-hybridized carbons (Fsp3) is 0.250. The number of unbranched alkanes of at least 4 members (excludes halogenated alkanes) is 1. The quantitative estimate of drug-likeness (QED) is 0.490. The highest BCUT2D eigenvalue weighted by Crippen LogP contribution is 2.15. The van der Waals surface area contributed by atoms with Gasteiger partial charge in [0.25, 0.3) is 11.8 Å². The van der Waals surface area contributed by atoms with Crippen molar-refractivity contribution in [2.45, 2.75) is 19.3 Å². The molecule has 0 radical (unpaired) electrons. The van der Waals surface area contributed by atoms with Gasteiger partial charge in [0, 0.05) is 34.3 Å². The zero-order chi connectivity index (χ0) is 19.6. The molecule has 2 aromatic rings. The van der Waals surface area contributed by atoms with E-state index in [9.17, 15) is 14.4 Å². The third kappa shape index (κ3) is 6.86. The van der Waals surface area contributed by atoms with Gasteiger partial charge in [-0.3, -0.25) is 14.4 Å². The minimum Gasteiger partial charge on any atom is -0.469 e. The first-order valence-electron chi connectivity index (χ1n) is 8.51. The Kier molecular flexibility index (Phi) is 8.00. The Bertz CT molecular complexity index is 823. The summed E-state index contributed by atoms with van der Waals surface area (Å²) in [5.74, 6) is -0.737. The van der Waals surface area contributed by atoms with Gasteiger partial charge in [-0.05, 0) is 49.2 Å². The SMILES string of the molecule is COC(=O)CCCCNC(=O)c1cccc(NC(=O)c2cccc(Br)c2)c1. The Morgan fingerprint density at radius 2 is 1.67 bits per heavy atom. The molecule has 0 saturated carbocycles. The van der Waals surface area contributed by atoms with E-state index in [-0.39, 0.29) is 17.8 Å². The first-order chi connectivity index (χ1) is 13.0. The first kappa shape index (κ1) is 20.6. The maximum atomic E-state index is 12.3. The number of carbonyl (C=O) groups excluding carboxylic acids is 3. The fourth-order valence-electron chi connectivity index (χ4n) is 2.37. The molecule has 6 nitrogen and oxygen atoms in total. The Hall–Kier alpha value is -2.67. The fourth-order valence-corrected chi connectivity index (χ4v) is 2.77. The minimum absolute atomic E-state index is 0.230. The van der Waals surface area contributed by atoms with Crippen LogP contribution in [0.1, 0.15) is 40.0 Å². The van der Waals surface area contributed by atoms with E-state index >= 15 is 0 Å². The molecule has 0 fully saturated rings. The van der Waals surface area contributed by atoms with E-state index in [1.165, 1.54) is 7.11 Å². The molecule has 0 aromatic heterocycles. The number of benzene rings is 2. The maximum absolute atomic E-state index is 12.3. The van der Waals surface area contributed by atoms with Gasteiger partial charge in [-0.1, -0.05) is 28.1 Å². The zero-order valence-electron chi connectivity index (χ0n) is 15.0. The van der Waals surface area contributed by atoms with Crippen molar-refractivity contribution in [1.82, 2.24) is 5.32 Å². The van der Waals surface area contributed by atoms with Crippen molar-refractivity contribution in [2.24, 2.45) is 0 Å². The van der Waals surface area contributed by atoms with Crippen molar-refractivity contribution in [3.05, 3.63) is 64.1 Å². The monoisotopic (exact) mass is 432 g/mol. The normalized spacial score (nSPS) is 10.1. The van der Waals surface area contributed by atoms with Gasteiger partial charge in [-0.2, -0.15) is 0 Å². The van der Waals surface area contributed by atoms with Crippen LogP contribution in [0, 0.1) is 0 Å². The third-order valence-electron chi connectivity index (χ3n) is 3.79. The van der Waals surface area contributed by atoms with Gasteiger partial charge in [0.1, 0.15) is 0 Å². The summed E-state index contributed by atoms with van der Waals surface area (Å²) in [5.41, 5.74) is 1.51. The summed E-state index contributed by atoms with van der Waals surface area (Å²) in [6.45, 7) is 0.463. The highest BCUT2D eigenvalue weighted by atomic mass is 79.9. The number of halogens is 1. The minimum atomic E-state index is -0.254. The van der Waals surface area contributed by atoms with Crippen molar-refractivity contribution < 1.29 is 19.1 Å². The molecule has 2 N–H and O–H groups in total. The molecular weight excluding hydrogens is 412 g/mol. The van der Waals surface area contributed by atoms with Gasteiger partial charge in [0.2, 0.25) is 0 Å². The average molecular weight is 433 g/mol. The van der Waals surface area contributed by atoms with Gasteiger partial charge >= 0.3 is 5.97 Å². The lowest BCUT2D eigenvalue weighted by atomic mass is 10.1. The van der Waals surface area contributed by atoms with E-state index < -0.39 is 0 Å². The lowest BCUT2D eigenvalue weighted by Crippen LogP contribution is -2.24. The molecule has 7 heteroatoms. The number of carbonyl (C=O) groups is 3. The van der Waals surface area contributed by atoms with E-state index in [1.54, 1.807) is 42.5 Å². The third-order valence-corrected chi connectivity index (χ3v) is 4.28. The molecule has 2 amide bonds. The molecule has 0 spiro atoms. The lowest BCUT2D eigenvalue weighted by Gasteiger charge is -2.09. The largest absolute Gasteiger partial charge is 0.469 e. The van der Waals surface area contributed by atoms with E-state index in [4.69, 9.17) is 0 Å². The van der Waals surface area contributed by atoms with Gasteiger partial charge in [0.05, 0.1) is 7.11 Å². The van der Waals surface area contributed by atoms with Crippen LogP contribution in [0.25, 0.3) is 0 Å². The number of nitrogens with one attached hydrogen (secondary N) is 2. The summed E-state index contributed by atoms with van der Waals surface area (Å²) in [6.07, 6.45) is 1.67. The van der Waals surface area contributed by atoms with Crippen LogP contribution < -0.4 is 10.6 Å². The number of esters is 1. The molecule has 0 atom stereocenters. The van der Waals surface area contributed by atoms with E-state index in [2.05, 4.69) is 31.3 Å². The van der Waals surface area contributed by atoms with Crippen LogP contribution in [0.4, 0.5) is 5.69 Å². The van der Waals surface area contributed by atoms with Crippen molar-refractivity contribution >= 4 is 39.4 Å². The van der Waals surface area contributed by atoms with Crippen LogP contribution in [0.15, 0.2) is 53.0 Å². The smallest absolute Gasteiger partial charge is 0.305 e. The highest BCUT2D eigenvalue weighted by Gasteiger charge is 2.09. The molecule has 0 unspecified atom stereocenters. The molecule has 0 aliphatic rings. The lowest BCUT2D eigenvalue weighted by molar-refractivity contribution is -0.140. The van der Waals surface area contributed by atoms with Crippen LogP contribution in [-0.2, 0) is 9.53 Å². The van der Waals surface area contributed by atoms with Crippen LogP contribution in [-0.4, -0.2) is 31.4 Å². The highest BCUT2D eigenvalue weighted by molar-refractivity contribution is 9.10. The van der Waals surface area contributed by atoms with Crippen molar-refractivity contribution in [2.75, 3.05) is 19.0 Å². The Balaban J connectivity index is 1.87. The molecule has 0 saturated heterocycles. The van der Waals surface area contributed by atoms with Gasteiger partial charge in [-0.15, -0.1) is 0 Å². The van der Waals surface area contributed by atoms with Crippen LogP contribution in [0.5, 0.6) is 0 Å². The number of hydrogen-bond donors (Lipinski definition) is 2. The van der Waals surface area contributed by atoms with Gasteiger partial charge in [0.15, 0.2) is 0 Å². The molecule has 27 heavy (non-hydrogen) atoms. The molecule has 2 aromatic carbocycles. The summed E-state index contributed by atoms with van der Waals surface area (Å²) < 4.78 is 5.38. The van der Waals surface area contributed by atoms with Gasteiger partial charge in [-0.25, -0.2) is 0 Å². The van der Waals surface area contributed by atoms with Crippen molar-refractivity contribution in [3.8, 4) is 0 Å². The molecular formula is C20H21BrN2O4. The van der Waals surface area contributed by atoms with Crippen molar-refractivity contribution in [1.29, 1.82) is 0 Å². The van der Waals surface area contributed by atoms with Crippen LogP contribution in [0.2, 0.25) is 0 Å². The Morgan fingerprint density at radius 3 is 2.37 bits per heavy atom. The topological polar surface area (TPSA) is 84.5 Å². The number of methoxy groups -OCH3 is 1. The number of rotatable bonds is 8. The molecule has 0 heterocycles. The molecule has 0 aliphatic heterocycles. The maximum Gasteiger partial charge on any atom is 0.305 e. The van der Waals surface area contributed by atoms with E-state index in [0.29, 0.717) is 42.6 Å². The van der Waals surface area contributed by atoms with Gasteiger partial charge < -0.3 is 15.4 Å². The summed E-state index contributed by atoms with van der Waals surface area (Å²) in [4.78, 5) is 35.6. The number of ether oxygens (including phenoxy) is 1. The second-order valence-corrected chi connectivity index (χ2v) is 6.75. The van der Waals surface area contributed by atoms with Crippen LogP contribution >= 0.6 is 15.9 Å². The first-order valence-corrected chi connectivity index (χ1v) is 9.31.